The second kappa shape index (κ2) is 5.98. The molecule has 0 aromatic heterocycles. The molecule has 0 heterocycles. The molecule has 96 valence electrons. The summed E-state index contributed by atoms with van der Waals surface area (Å²) >= 11 is 0. The van der Waals surface area contributed by atoms with Crippen molar-refractivity contribution in [3.63, 3.8) is 0 Å². The average Bonchev–Trinajstić information content (AvgIpc) is 2.28. The van der Waals surface area contributed by atoms with Crippen LogP contribution in [0.5, 0.6) is 5.75 Å². The van der Waals surface area contributed by atoms with Gasteiger partial charge in [-0.1, -0.05) is 6.92 Å². The number of aliphatic hydroxyl groups excluding tert-OH is 1. The van der Waals surface area contributed by atoms with Gasteiger partial charge in [0.2, 0.25) is 0 Å². The molecule has 3 nitrogen and oxygen atoms in total. The van der Waals surface area contributed by atoms with Gasteiger partial charge in [-0.05, 0) is 44.2 Å². The Hall–Kier alpha value is -1.13. The van der Waals surface area contributed by atoms with Crippen LogP contribution in [0.3, 0.4) is 0 Å². The average molecular weight is 241 g/mol. The molecule has 0 aliphatic heterocycles. The molecule has 0 bridgehead atoms. The molecule has 17 heavy (non-hydrogen) atoms. The van der Waals surface area contributed by atoms with E-state index < -0.39 is 5.54 Å². The molecule has 1 rings (SSSR count). The van der Waals surface area contributed by atoms with Crippen LogP contribution in [0.4, 0.5) is 4.39 Å². The van der Waals surface area contributed by atoms with Crippen LogP contribution in [0.25, 0.3) is 0 Å². The van der Waals surface area contributed by atoms with Crippen molar-refractivity contribution in [3.8, 4) is 5.75 Å². The SMILES string of the molecule is CCNC(C)(CO)COc1ccc(F)cc1C. The van der Waals surface area contributed by atoms with Crippen molar-refractivity contribution in [1.29, 1.82) is 0 Å². The molecule has 1 aromatic rings. The van der Waals surface area contributed by atoms with Gasteiger partial charge in [-0.15, -0.1) is 0 Å². The number of hydrogen-bond acceptors (Lipinski definition) is 3. The second-order valence-electron chi connectivity index (χ2n) is 4.45. The van der Waals surface area contributed by atoms with Crippen molar-refractivity contribution < 1.29 is 14.2 Å². The maximum atomic E-state index is 12.9. The number of aryl methyl sites for hydroxylation is 1. The molecule has 1 unspecified atom stereocenters. The summed E-state index contributed by atoms with van der Waals surface area (Å²) in [4.78, 5) is 0. The summed E-state index contributed by atoms with van der Waals surface area (Å²) in [6.07, 6.45) is 0. The fourth-order valence-electron chi connectivity index (χ4n) is 1.59. The lowest BCUT2D eigenvalue weighted by Gasteiger charge is -2.28. The molecule has 0 aliphatic rings. The van der Waals surface area contributed by atoms with Crippen LogP contribution in [0.2, 0.25) is 0 Å². The predicted molar refractivity (Wildman–Crippen MR) is 65.8 cm³/mol. The molecule has 0 saturated carbocycles. The summed E-state index contributed by atoms with van der Waals surface area (Å²) in [6, 6.07) is 4.40. The van der Waals surface area contributed by atoms with Crippen LogP contribution in [-0.2, 0) is 0 Å². The first-order chi connectivity index (χ1) is 8.00. The highest BCUT2D eigenvalue weighted by Crippen LogP contribution is 2.19. The molecule has 0 spiro atoms. The van der Waals surface area contributed by atoms with Crippen molar-refractivity contribution in [2.45, 2.75) is 26.3 Å². The Morgan fingerprint density at radius 2 is 2.18 bits per heavy atom. The number of aliphatic hydroxyl groups is 1. The number of rotatable bonds is 6. The fourth-order valence-corrected chi connectivity index (χ4v) is 1.59. The summed E-state index contributed by atoms with van der Waals surface area (Å²) in [7, 11) is 0. The van der Waals surface area contributed by atoms with Gasteiger partial charge >= 0.3 is 0 Å². The van der Waals surface area contributed by atoms with Crippen LogP contribution in [0, 0.1) is 12.7 Å². The summed E-state index contributed by atoms with van der Waals surface area (Å²) in [6.45, 7) is 6.72. The van der Waals surface area contributed by atoms with E-state index in [1.165, 1.54) is 12.1 Å². The van der Waals surface area contributed by atoms with Crippen LogP contribution in [0.1, 0.15) is 19.4 Å². The first-order valence-corrected chi connectivity index (χ1v) is 5.75. The Kier molecular flexibility index (Phi) is 4.90. The lowest BCUT2D eigenvalue weighted by atomic mass is 10.1. The van der Waals surface area contributed by atoms with Gasteiger partial charge in [-0.25, -0.2) is 4.39 Å². The summed E-state index contributed by atoms with van der Waals surface area (Å²) in [5.74, 6) is 0.371. The summed E-state index contributed by atoms with van der Waals surface area (Å²) in [5, 5.41) is 12.5. The van der Waals surface area contributed by atoms with Crippen molar-refractivity contribution in [3.05, 3.63) is 29.6 Å². The van der Waals surface area contributed by atoms with E-state index in [-0.39, 0.29) is 12.4 Å². The largest absolute Gasteiger partial charge is 0.491 e. The van der Waals surface area contributed by atoms with E-state index in [0.29, 0.717) is 12.4 Å². The number of hydrogen-bond donors (Lipinski definition) is 2. The molecular weight excluding hydrogens is 221 g/mol. The van der Waals surface area contributed by atoms with Crippen LogP contribution >= 0.6 is 0 Å². The molecule has 0 saturated heterocycles. The number of ether oxygens (including phenoxy) is 1. The third-order valence-corrected chi connectivity index (χ3v) is 2.64. The molecule has 1 aromatic carbocycles. The maximum Gasteiger partial charge on any atom is 0.123 e. The topological polar surface area (TPSA) is 41.5 Å². The molecule has 0 radical (unpaired) electrons. The molecule has 0 amide bonds. The van der Waals surface area contributed by atoms with E-state index in [2.05, 4.69) is 5.32 Å². The minimum Gasteiger partial charge on any atom is -0.491 e. The van der Waals surface area contributed by atoms with Gasteiger partial charge in [0.25, 0.3) is 0 Å². The summed E-state index contributed by atoms with van der Waals surface area (Å²) in [5.41, 5.74) is 0.275. The van der Waals surface area contributed by atoms with Crippen LogP contribution < -0.4 is 10.1 Å². The third-order valence-electron chi connectivity index (χ3n) is 2.64. The highest BCUT2D eigenvalue weighted by Gasteiger charge is 2.23. The Bertz CT molecular complexity index is 370. The highest BCUT2D eigenvalue weighted by atomic mass is 19.1. The van der Waals surface area contributed by atoms with Crippen molar-refractivity contribution in [2.24, 2.45) is 0 Å². The van der Waals surface area contributed by atoms with E-state index >= 15 is 0 Å². The Balaban J connectivity index is 2.65. The van der Waals surface area contributed by atoms with E-state index in [4.69, 9.17) is 4.74 Å². The maximum absolute atomic E-state index is 12.9. The smallest absolute Gasteiger partial charge is 0.123 e. The van der Waals surface area contributed by atoms with Gasteiger partial charge < -0.3 is 15.2 Å². The molecular formula is C13H20FNO2. The monoisotopic (exact) mass is 241 g/mol. The van der Waals surface area contributed by atoms with Gasteiger partial charge in [-0.3, -0.25) is 0 Å². The number of nitrogens with one attached hydrogen (secondary N) is 1. The Labute approximate surface area is 102 Å². The van der Waals surface area contributed by atoms with Crippen LogP contribution in [-0.4, -0.2) is 30.4 Å². The normalized spacial score (nSPS) is 14.4. The first kappa shape index (κ1) is 13.9. The lowest BCUT2D eigenvalue weighted by Crippen LogP contribution is -2.50. The Morgan fingerprint density at radius 3 is 2.71 bits per heavy atom. The van der Waals surface area contributed by atoms with Gasteiger partial charge in [-0.2, -0.15) is 0 Å². The number of likely N-dealkylation sites (N-methyl/N-ethyl adjacent to an activating group) is 1. The van der Waals surface area contributed by atoms with Gasteiger partial charge in [0, 0.05) is 0 Å². The quantitative estimate of drug-likeness (QED) is 0.799. The predicted octanol–water partition coefficient (Wildman–Crippen LogP) is 1.87. The zero-order valence-corrected chi connectivity index (χ0v) is 10.6. The standard InChI is InChI=1S/C13H20FNO2/c1-4-15-13(3,8-16)9-17-12-6-5-11(14)7-10(12)2/h5-7,15-16H,4,8-9H2,1-3H3. The lowest BCUT2D eigenvalue weighted by molar-refractivity contribution is 0.117. The third kappa shape index (κ3) is 3.98. The first-order valence-electron chi connectivity index (χ1n) is 5.75. The molecule has 1 atom stereocenters. The number of benzene rings is 1. The zero-order chi connectivity index (χ0) is 12.9. The Morgan fingerprint density at radius 1 is 1.47 bits per heavy atom. The van der Waals surface area contributed by atoms with Gasteiger partial charge in [0.05, 0.1) is 12.1 Å². The van der Waals surface area contributed by atoms with Gasteiger partial charge in [0.1, 0.15) is 18.2 Å². The fraction of sp³-hybridized carbons (Fsp3) is 0.538. The van der Waals surface area contributed by atoms with E-state index in [1.54, 1.807) is 13.0 Å². The van der Waals surface area contributed by atoms with Gasteiger partial charge in [0.15, 0.2) is 0 Å². The second-order valence-corrected chi connectivity index (χ2v) is 4.45. The molecule has 0 fully saturated rings. The molecule has 0 aliphatic carbocycles. The van der Waals surface area contributed by atoms with Crippen LogP contribution in [0.15, 0.2) is 18.2 Å². The van der Waals surface area contributed by atoms with Crippen molar-refractivity contribution >= 4 is 0 Å². The number of halogens is 1. The van der Waals surface area contributed by atoms with Crippen molar-refractivity contribution in [2.75, 3.05) is 19.8 Å². The minimum atomic E-state index is -0.477. The summed E-state index contributed by atoms with van der Waals surface area (Å²) < 4.78 is 18.5. The molecule has 4 heteroatoms. The minimum absolute atomic E-state index is 0.0128. The van der Waals surface area contributed by atoms with E-state index in [1.807, 2.05) is 13.8 Å². The van der Waals surface area contributed by atoms with E-state index in [0.717, 1.165) is 12.1 Å². The highest BCUT2D eigenvalue weighted by molar-refractivity contribution is 5.32. The zero-order valence-electron chi connectivity index (χ0n) is 10.6. The van der Waals surface area contributed by atoms with Crippen molar-refractivity contribution in [1.82, 2.24) is 5.32 Å². The van der Waals surface area contributed by atoms with E-state index in [9.17, 15) is 9.50 Å². The molecule has 2 N–H and O–H groups in total.